The van der Waals surface area contributed by atoms with Crippen molar-refractivity contribution >= 4 is 0 Å². The van der Waals surface area contributed by atoms with Crippen LogP contribution in [0.25, 0.3) is 0 Å². The van der Waals surface area contributed by atoms with Crippen LogP contribution in [0, 0.1) is 0 Å². The second-order valence-corrected chi connectivity index (χ2v) is 4.25. The molecule has 0 aromatic carbocycles. The first-order valence-electron chi connectivity index (χ1n) is 5.54. The van der Waals surface area contributed by atoms with E-state index in [1.54, 1.807) is 0 Å². The molecule has 1 N–H and O–H groups in total. The van der Waals surface area contributed by atoms with Gasteiger partial charge >= 0.3 is 6.18 Å². The summed E-state index contributed by atoms with van der Waals surface area (Å²) in [6, 6.07) is 0. The van der Waals surface area contributed by atoms with Crippen LogP contribution in [0.3, 0.4) is 0 Å². The number of nitrogens with zero attached hydrogens (tertiary/aromatic N) is 3. The Labute approximate surface area is 103 Å². The summed E-state index contributed by atoms with van der Waals surface area (Å²) in [5, 5.41) is 12.3. The van der Waals surface area contributed by atoms with Crippen molar-refractivity contribution in [1.29, 1.82) is 0 Å². The molecule has 0 radical (unpaired) electrons. The number of halogens is 3. The number of hydrogen-bond donors (Lipinski definition) is 1. The van der Waals surface area contributed by atoms with Gasteiger partial charge in [-0.15, -0.1) is 0 Å². The third kappa shape index (κ3) is 5.01. The summed E-state index contributed by atoms with van der Waals surface area (Å²) in [7, 11) is 0. The topological polar surface area (TPSA) is 62.4 Å². The minimum atomic E-state index is -4.32. The predicted molar refractivity (Wildman–Crippen MR) is 56.8 cm³/mol. The van der Waals surface area contributed by atoms with Crippen LogP contribution in [0.1, 0.15) is 31.5 Å². The Morgan fingerprint density at radius 2 is 2.06 bits per heavy atom. The smallest absolute Gasteiger partial charge is 0.395 e. The Hall–Kier alpha value is -1.15. The highest BCUT2D eigenvalue weighted by molar-refractivity contribution is 4.90. The van der Waals surface area contributed by atoms with E-state index >= 15 is 0 Å². The van der Waals surface area contributed by atoms with Gasteiger partial charge in [-0.1, -0.05) is 19.0 Å². The zero-order chi connectivity index (χ0) is 13.8. The van der Waals surface area contributed by atoms with E-state index in [0.717, 1.165) is 4.90 Å². The summed E-state index contributed by atoms with van der Waals surface area (Å²) in [6.45, 7) is 2.03. The van der Waals surface area contributed by atoms with Crippen LogP contribution in [-0.4, -0.2) is 46.0 Å². The maximum absolute atomic E-state index is 12.3. The van der Waals surface area contributed by atoms with E-state index in [0.29, 0.717) is 5.89 Å². The number of alkyl halides is 3. The van der Waals surface area contributed by atoms with Crippen molar-refractivity contribution in [3.8, 4) is 0 Å². The first kappa shape index (κ1) is 14.9. The van der Waals surface area contributed by atoms with Crippen molar-refractivity contribution in [2.24, 2.45) is 0 Å². The molecular weight excluding hydrogens is 251 g/mol. The Morgan fingerprint density at radius 3 is 2.50 bits per heavy atom. The molecule has 0 aliphatic carbocycles. The van der Waals surface area contributed by atoms with Gasteiger partial charge in [-0.05, 0) is 0 Å². The molecule has 5 nitrogen and oxygen atoms in total. The summed E-state index contributed by atoms with van der Waals surface area (Å²) in [5.74, 6) is 0.609. The normalized spacial score (nSPS) is 12.7. The molecule has 104 valence electrons. The number of aliphatic hydroxyl groups excluding tert-OH is 1. The van der Waals surface area contributed by atoms with Gasteiger partial charge in [0.15, 0.2) is 5.82 Å². The standard InChI is InChI=1S/C10H16F3N3O2/c1-7(2)9-14-8(15-18-9)5-16(3-4-17)6-10(11,12)13/h7,17H,3-6H2,1-2H3. The largest absolute Gasteiger partial charge is 0.401 e. The maximum Gasteiger partial charge on any atom is 0.401 e. The summed E-state index contributed by atoms with van der Waals surface area (Å²) >= 11 is 0. The molecule has 1 rings (SSSR count). The number of hydrogen-bond acceptors (Lipinski definition) is 5. The average Bonchev–Trinajstić information content (AvgIpc) is 2.64. The van der Waals surface area contributed by atoms with E-state index in [4.69, 9.17) is 9.63 Å². The van der Waals surface area contributed by atoms with Gasteiger partial charge in [0.25, 0.3) is 0 Å². The van der Waals surface area contributed by atoms with Crippen molar-refractivity contribution in [2.45, 2.75) is 32.5 Å². The van der Waals surface area contributed by atoms with Gasteiger partial charge in [-0.3, -0.25) is 4.90 Å². The number of rotatable bonds is 6. The lowest BCUT2D eigenvalue weighted by atomic mass is 10.2. The monoisotopic (exact) mass is 267 g/mol. The van der Waals surface area contributed by atoms with Crippen LogP contribution in [0.4, 0.5) is 13.2 Å². The Kier molecular flexibility index (Phi) is 5.09. The first-order valence-corrected chi connectivity index (χ1v) is 5.54. The molecule has 8 heteroatoms. The Bertz CT molecular complexity index is 365. The van der Waals surface area contributed by atoms with Crippen LogP contribution >= 0.6 is 0 Å². The third-order valence-electron chi connectivity index (χ3n) is 2.16. The van der Waals surface area contributed by atoms with Crippen LogP contribution in [0.15, 0.2) is 4.52 Å². The molecule has 0 spiro atoms. The molecule has 18 heavy (non-hydrogen) atoms. The van der Waals surface area contributed by atoms with E-state index in [1.807, 2.05) is 13.8 Å². The summed E-state index contributed by atoms with van der Waals surface area (Å²) in [4.78, 5) is 5.02. The first-order chi connectivity index (χ1) is 8.31. The lowest BCUT2D eigenvalue weighted by Gasteiger charge is -2.20. The molecule has 1 heterocycles. The zero-order valence-corrected chi connectivity index (χ0v) is 10.2. The second-order valence-electron chi connectivity index (χ2n) is 4.25. The highest BCUT2D eigenvalue weighted by Crippen LogP contribution is 2.18. The van der Waals surface area contributed by atoms with Crippen LogP contribution < -0.4 is 0 Å². The fourth-order valence-corrected chi connectivity index (χ4v) is 1.38. The molecule has 1 aromatic heterocycles. The second kappa shape index (κ2) is 6.14. The van der Waals surface area contributed by atoms with Crippen molar-refractivity contribution in [1.82, 2.24) is 15.0 Å². The molecule has 0 bridgehead atoms. The molecular formula is C10H16F3N3O2. The lowest BCUT2D eigenvalue weighted by Crippen LogP contribution is -2.36. The van der Waals surface area contributed by atoms with Gasteiger partial charge in [0, 0.05) is 12.5 Å². The molecule has 0 atom stereocenters. The Morgan fingerprint density at radius 1 is 1.39 bits per heavy atom. The van der Waals surface area contributed by atoms with Gasteiger partial charge in [-0.2, -0.15) is 18.2 Å². The van der Waals surface area contributed by atoms with Gasteiger partial charge in [0.2, 0.25) is 5.89 Å². The van der Waals surface area contributed by atoms with Gasteiger partial charge in [0.1, 0.15) is 0 Å². The Balaban J connectivity index is 2.64. The van der Waals surface area contributed by atoms with E-state index in [2.05, 4.69) is 10.1 Å². The lowest BCUT2D eigenvalue weighted by molar-refractivity contribution is -0.148. The zero-order valence-electron chi connectivity index (χ0n) is 10.2. The van der Waals surface area contributed by atoms with Gasteiger partial charge in [-0.25, -0.2) is 0 Å². The molecule has 0 saturated heterocycles. The van der Waals surface area contributed by atoms with Crippen molar-refractivity contribution < 1.29 is 22.8 Å². The van der Waals surface area contributed by atoms with Gasteiger partial charge in [0.05, 0.1) is 19.7 Å². The van der Waals surface area contributed by atoms with Crippen molar-refractivity contribution in [3.63, 3.8) is 0 Å². The van der Waals surface area contributed by atoms with Crippen LogP contribution in [0.5, 0.6) is 0 Å². The minimum absolute atomic E-state index is 0.0279. The average molecular weight is 267 g/mol. The molecule has 1 aromatic rings. The van der Waals surface area contributed by atoms with Crippen LogP contribution in [0.2, 0.25) is 0 Å². The molecule has 0 unspecified atom stereocenters. The fraction of sp³-hybridized carbons (Fsp3) is 0.800. The summed E-state index contributed by atoms with van der Waals surface area (Å²) < 4.78 is 41.7. The van der Waals surface area contributed by atoms with E-state index in [-0.39, 0.29) is 31.4 Å². The molecule has 0 aliphatic heterocycles. The molecule has 0 amide bonds. The minimum Gasteiger partial charge on any atom is -0.395 e. The summed E-state index contributed by atoms with van der Waals surface area (Å²) in [6.07, 6.45) is -4.32. The third-order valence-corrected chi connectivity index (χ3v) is 2.16. The molecule has 0 fully saturated rings. The summed E-state index contributed by atoms with van der Waals surface area (Å²) in [5.41, 5.74) is 0. The van der Waals surface area contributed by atoms with Crippen molar-refractivity contribution in [2.75, 3.05) is 19.7 Å². The van der Waals surface area contributed by atoms with Crippen LogP contribution in [-0.2, 0) is 6.54 Å². The quantitative estimate of drug-likeness (QED) is 0.847. The van der Waals surface area contributed by atoms with E-state index in [9.17, 15) is 13.2 Å². The SMILES string of the molecule is CC(C)c1nc(CN(CCO)CC(F)(F)F)no1. The molecule has 0 aliphatic rings. The molecule has 0 saturated carbocycles. The van der Waals surface area contributed by atoms with E-state index < -0.39 is 12.7 Å². The van der Waals surface area contributed by atoms with Crippen molar-refractivity contribution in [3.05, 3.63) is 11.7 Å². The number of aromatic nitrogens is 2. The van der Waals surface area contributed by atoms with E-state index in [1.165, 1.54) is 0 Å². The maximum atomic E-state index is 12.3. The number of aliphatic hydroxyl groups is 1. The highest BCUT2D eigenvalue weighted by atomic mass is 19.4. The predicted octanol–water partition coefficient (Wildman–Crippen LogP) is 1.55. The fourth-order valence-electron chi connectivity index (χ4n) is 1.38. The van der Waals surface area contributed by atoms with Gasteiger partial charge < -0.3 is 9.63 Å². The highest BCUT2D eigenvalue weighted by Gasteiger charge is 2.31.